The maximum Gasteiger partial charge on any atom is 0.338 e. The average molecular weight is 604 g/mol. The minimum atomic E-state index is -0.619. The second kappa shape index (κ2) is 10.8. The Labute approximate surface area is 220 Å². The number of hydrogen-bond donors (Lipinski definition) is 0. The molecule has 182 valence electrons. The van der Waals surface area contributed by atoms with Gasteiger partial charge in [0.15, 0.2) is 16.3 Å². The number of carbonyl (C=O) groups is 1. The van der Waals surface area contributed by atoms with Gasteiger partial charge in [-0.3, -0.25) is 9.36 Å². The number of halogens is 1. The highest BCUT2D eigenvalue weighted by molar-refractivity contribution is 14.1. The van der Waals surface area contributed by atoms with Gasteiger partial charge in [-0.05, 0) is 65.3 Å². The number of allylic oxidation sites excluding steroid dienone is 1. The quantitative estimate of drug-likeness (QED) is 0.303. The second-order valence-electron chi connectivity index (χ2n) is 7.67. The van der Waals surface area contributed by atoms with Crippen molar-refractivity contribution in [2.75, 3.05) is 20.8 Å². The van der Waals surface area contributed by atoms with Crippen LogP contribution in [0.25, 0.3) is 6.08 Å². The second-order valence-corrected chi connectivity index (χ2v) is 9.84. The predicted octanol–water partition coefficient (Wildman–Crippen LogP) is 3.81. The molecule has 1 aliphatic heterocycles. The van der Waals surface area contributed by atoms with Crippen molar-refractivity contribution < 1.29 is 19.0 Å². The summed E-state index contributed by atoms with van der Waals surface area (Å²) in [5.41, 5.74) is 2.41. The minimum Gasteiger partial charge on any atom is -0.493 e. The van der Waals surface area contributed by atoms with E-state index < -0.39 is 12.0 Å². The van der Waals surface area contributed by atoms with Crippen molar-refractivity contribution in [3.8, 4) is 11.5 Å². The third-order valence-electron chi connectivity index (χ3n) is 5.60. The molecular weight excluding hydrogens is 579 g/mol. The molecule has 0 spiro atoms. The summed E-state index contributed by atoms with van der Waals surface area (Å²) >= 11 is 3.49. The van der Waals surface area contributed by atoms with Gasteiger partial charge < -0.3 is 14.2 Å². The number of nitrogens with zero attached hydrogens (tertiary/aromatic N) is 2. The molecule has 9 heteroatoms. The Hall–Kier alpha value is -2.92. The maximum atomic E-state index is 13.7. The summed E-state index contributed by atoms with van der Waals surface area (Å²) in [5, 5.41) is 0. The van der Waals surface area contributed by atoms with Crippen molar-refractivity contribution in [1.82, 2.24) is 4.57 Å². The lowest BCUT2D eigenvalue weighted by molar-refractivity contribution is -0.136. The zero-order chi connectivity index (χ0) is 25.1. The summed E-state index contributed by atoms with van der Waals surface area (Å²) in [6, 6.07) is 12.7. The lowest BCUT2D eigenvalue weighted by atomic mass is 9.95. The monoisotopic (exact) mass is 604 g/mol. The van der Waals surface area contributed by atoms with E-state index in [2.05, 4.69) is 22.6 Å². The van der Waals surface area contributed by atoms with Gasteiger partial charge in [0.05, 0.1) is 46.2 Å². The number of thiazole rings is 1. The molecule has 0 saturated carbocycles. The van der Waals surface area contributed by atoms with Crippen molar-refractivity contribution >= 4 is 46.0 Å². The first-order valence-corrected chi connectivity index (χ1v) is 13.0. The predicted molar refractivity (Wildman–Crippen MR) is 144 cm³/mol. The highest BCUT2D eigenvalue weighted by Gasteiger charge is 2.33. The molecule has 0 N–H and O–H groups in total. The Morgan fingerprint density at radius 2 is 1.94 bits per heavy atom. The van der Waals surface area contributed by atoms with E-state index in [1.807, 2.05) is 62.4 Å². The van der Waals surface area contributed by atoms with Gasteiger partial charge in [0.2, 0.25) is 0 Å². The van der Waals surface area contributed by atoms with Gasteiger partial charge in [-0.2, -0.15) is 0 Å². The summed E-state index contributed by atoms with van der Waals surface area (Å²) in [6.45, 7) is 4.37. The van der Waals surface area contributed by atoms with E-state index in [0.29, 0.717) is 45.1 Å². The lowest BCUT2D eigenvalue weighted by Crippen LogP contribution is -2.40. The summed E-state index contributed by atoms with van der Waals surface area (Å²) < 4.78 is 19.3. The highest BCUT2D eigenvalue weighted by atomic mass is 127. The SMILES string of the molecule is CCOc1c(I)cc(/C=c2/sc3n(c2=O)[C@H](c2ccccc2)C(C(=O)OC)=C(CC)N=3)cc1OC. The molecule has 3 aromatic rings. The summed E-state index contributed by atoms with van der Waals surface area (Å²) in [4.78, 5) is 31.8. The van der Waals surface area contributed by atoms with Crippen LogP contribution in [0.2, 0.25) is 0 Å². The molecule has 2 aromatic carbocycles. The van der Waals surface area contributed by atoms with E-state index in [4.69, 9.17) is 19.2 Å². The third kappa shape index (κ3) is 4.79. The molecule has 35 heavy (non-hydrogen) atoms. The molecule has 0 fully saturated rings. The molecule has 1 aliphatic rings. The van der Waals surface area contributed by atoms with Crippen LogP contribution in [0.5, 0.6) is 11.5 Å². The van der Waals surface area contributed by atoms with E-state index in [1.165, 1.54) is 18.4 Å². The molecule has 0 radical (unpaired) electrons. The molecular formula is C26H25IN2O5S. The Bertz CT molecular complexity index is 1470. The van der Waals surface area contributed by atoms with Crippen LogP contribution in [-0.4, -0.2) is 31.4 Å². The van der Waals surface area contributed by atoms with Gasteiger partial charge in [0.1, 0.15) is 0 Å². The topological polar surface area (TPSA) is 79.1 Å². The van der Waals surface area contributed by atoms with E-state index in [1.54, 1.807) is 11.7 Å². The van der Waals surface area contributed by atoms with Crippen LogP contribution in [0.1, 0.15) is 37.4 Å². The van der Waals surface area contributed by atoms with Crippen LogP contribution in [0.15, 0.2) is 63.5 Å². The van der Waals surface area contributed by atoms with E-state index in [-0.39, 0.29) is 5.56 Å². The first-order chi connectivity index (χ1) is 16.9. The van der Waals surface area contributed by atoms with Gasteiger partial charge in [0.25, 0.3) is 5.56 Å². The molecule has 0 unspecified atom stereocenters. The molecule has 0 saturated heterocycles. The number of benzene rings is 2. The Kier molecular flexibility index (Phi) is 7.75. The molecule has 0 amide bonds. The fourth-order valence-electron chi connectivity index (χ4n) is 4.07. The first-order valence-electron chi connectivity index (χ1n) is 11.1. The summed E-state index contributed by atoms with van der Waals surface area (Å²) in [6.07, 6.45) is 2.35. The molecule has 2 heterocycles. The largest absolute Gasteiger partial charge is 0.493 e. The lowest BCUT2D eigenvalue weighted by Gasteiger charge is -2.25. The zero-order valence-electron chi connectivity index (χ0n) is 19.8. The molecule has 1 atom stereocenters. The van der Waals surface area contributed by atoms with Crippen molar-refractivity contribution in [3.05, 3.63) is 88.1 Å². The molecule has 1 aromatic heterocycles. The number of aromatic nitrogens is 1. The van der Waals surface area contributed by atoms with E-state index >= 15 is 0 Å². The van der Waals surface area contributed by atoms with Crippen molar-refractivity contribution in [1.29, 1.82) is 0 Å². The number of hydrogen-bond acceptors (Lipinski definition) is 7. The van der Waals surface area contributed by atoms with Crippen LogP contribution in [0, 0.1) is 3.57 Å². The number of carbonyl (C=O) groups excluding carboxylic acids is 1. The zero-order valence-corrected chi connectivity index (χ0v) is 22.8. The number of ether oxygens (including phenoxy) is 3. The molecule has 0 bridgehead atoms. The summed E-state index contributed by atoms with van der Waals surface area (Å²) in [7, 11) is 2.93. The number of esters is 1. The number of rotatable bonds is 7. The van der Waals surface area contributed by atoms with Crippen LogP contribution in [0.3, 0.4) is 0 Å². The van der Waals surface area contributed by atoms with E-state index in [0.717, 1.165) is 14.7 Å². The van der Waals surface area contributed by atoms with Gasteiger partial charge >= 0.3 is 5.97 Å². The molecule has 7 nitrogen and oxygen atoms in total. The molecule has 4 rings (SSSR count). The number of methoxy groups -OCH3 is 2. The van der Waals surface area contributed by atoms with Crippen molar-refractivity contribution in [2.24, 2.45) is 4.99 Å². The molecule has 0 aliphatic carbocycles. The normalized spacial score (nSPS) is 15.5. The van der Waals surface area contributed by atoms with Gasteiger partial charge in [-0.15, -0.1) is 0 Å². The third-order valence-corrected chi connectivity index (χ3v) is 7.39. The van der Waals surface area contributed by atoms with Crippen LogP contribution < -0.4 is 24.4 Å². The van der Waals surface area contributed by atoms with Gasteiger partial charge in [-0.25, -0.2) is 9.79 Å². The fraction of sp³-hybridized carbons (Fsp3) is 0.269. The number of fused-ring (bicyclic) bond motifs is 1. The Morgan fingerprint density at radius 1 is 1.20 bits per heavy atom. The van der Waals surface area contributed by atoms with Gasteiger partial charge in [-0.1, -0.05) is 48.6 Å². The summed E-state index contributed by atoms with van der Waals surface area (Å²) in [5.74, 6) is 0.786. The van der Waals surface area contributed by atoms with Crippen molar-refractivity contribution in [2.45, 2.75) is 26.3 Å². The standard InChI is InChI=1S/C26H25IN2O5S/c1-5-18-21(25(31)33-4)22(16-10-8-7-9-11-16)29-24(30)20(35-26(29)28-18)14-15-12-17(27)23(34-6-2)19(13-15)32-3/h7-14,22H,5-6H2,1-4H3/b20-14+/t22-/m1/s1. The van der Waals surface area contributed by atoms with Crippen LogP contribution in [0.4, 0.5) is 0 Å². The smallest absolute Gasteiger partial charge is 0.338 e. The van der Waals surface area contributed by atoms with Gasteiger partial charge in [0, 0.05) is 0 Å². The van der Waals surface area contributed by atoms with Crippen LogP contribution >= 0.6 is 33.9 Å². The fourth-order valence-corrected chi connectivity index (χ4v) is 5.87. The maximum absolute atomic E-state index is 13.7. The van der Waals surface area contributed by atoms with Crippen molar-refractivity contribution in [3.63, 3.8) is 0 Å². The minimum absolute atomic E-state index is 0.220. The average Bonchev–Trinajstić information content (AvgIpc) is 3.18. The van der Waals surface area contributed by atoms with E-state index in [9.17, 15) is 9.59 Å². The Balaban J connectivity index is 1.95. The highest BCUT2D eigenvalue weighted by Crippen LogP contribution is 2.34. The first kappa shape index (κ1) is 25.2. The van der Waals surface area contributed by atoms with Crippen LogP contribution in [-0.2, 0) is 9.53 Å². The Morgan fingerprint density at radius 3 is 2.57 bits per heavy atom.